The predicted molar refractivity (Wildman–Crippen MR) is 118 cm³/mol. The molecule has 3 aromatic rings. The van der Waals surface area contributed by atoms with E-state index in [9.17, 15) is 4.79 Å². The number of aromatic nitrogens is 3. The third-order valence-electron chi connectivity index (χ3n) is 5.79. The second kappa shape index (κ2) is 9.36. The van der Waals surface area contributed by atoms with E-state index in [1.165, 1.54) is 17.7 Å². The first-order valence-corrected chi connectivity index (χ1v) is 10.7. The molecule has 4 rings (SSSR count). The number of hydrogen-bond donors (Lipinski definition) is 3. The minimum absolute atomic E-state index is 0.0754. The van der Waals surface area contributed by atoms with Gasteiger partial charge in [-0.15, -0.1) is 0 Å². The smallest absolute Gasteiger partial charge is 0.253 e. The van der Waals surface area contributed by atoms with Crippen molar-refractivity contribution in [2.45, 2.75) is 38.3 Å². The fraction of sp³-hybridized carbons (Fsp3) is 0.435. The van der Waals surface area contributed by atoms with Crippen LogP contribution in [0.5, 0.6) is 0 Å². The third kappa shape index (κ3) is 4.37. The summed E-state index contributed by atoms with van der Waals surface area (Å²) in [6.07, 6.45) is 6.15. The number of amides is 1. The van der Waals surface area contributed by atoms with Gasteiger partial charge in [-0.05, 0) is 70.1 Å². The van der Waals surface area contributed by atoms with Gasteiger partial charge >= 0.3 is 0 Å². The van der Waals surface area contributed by atoms with Gasteiger partial charge in [0.05, 0.1) is 29.4 Å². The summed E-state index contributed by atoms with van der Waals surface area (Å²) in [5.74, 6) is 0.791. The SMILES string of the molecule is CNCCCNC(=O)c1cccc2[nH]c(CN(C)C3CCCc4cccnc43)nc12. The molecule has 1 aliphatic carbocycles. The van der Waals surface area contributed by atoms with Crippen LogP contribution >= 0.6 is 0 Å². The Balaban J connectivity index is 1.50. The maximum Gasteiger partial charge on any atom is 0.253 e. The number of aryl methyl sites for hydroxylation is 1. The Kier molecular flexibility index (Phi) is 6.40. The second-order valence-electron chi connectivity index (χ2n) is 7.97. The molecule has 30 heavy (non-hydrogen) atoms. The Morgan fingerprint density at radius 1 is 1.27 bits per heavy atom. The van der Waals surface area contributed by atoms with Crippen LogP contribution in [0, 0.1) is 0 Å². The van der Waals surface area contributed by atoms with E-state index in [1.54, 1.807) is 0 Å². The zero-order valence-corrected chi connectivity index (χ0v) is 17.7. The zero-order chi connectivity index (χ0) is 20.9. The Bertz CT molecular complexity index is 1010. The van der Waals surface area contributed by atoms with E-state index in [2.05, 4.69) is 38.6 Å². The van der Waals surface area contributed by atoms with Gasteiger partial charge < -0.3 is 15.6 Å². The van der Waals surface area contributed by atoms with Gasteiger partial charge in [0.2, 0.25) is 0 Å². The molecule has 0 bridgehead atoms. The number of hydrogen-bond acceptors (Lipinski definition) is 5. The quantitative estimate of drug-likeness (QED) is 0.501. The summed E-state index contributed by atoms with van der Waals surface area (Å²) in [7, 11) is 4.03. The molecule has 158 valence electrons. The molecule has 1 atom stereocenters. The van der Waals surface area contributed by atoms with Crippen molar-refractivity contribution in [3.05, 3.63) is 59.2 Å². The van der Waals surface area contributed by atoms with Gasteiger partial charge in [0, 0.05) is 12.7 Å². The molecule has 2 aromatic heterocycles. The van der Waals surface area contributed by atoms with E-state index in [4.69, 9.17) is 4.98 Å². The van der Waals surface area contributed by atoms with Gasteiger partial charge in [-0.25, -0.2) is 4.98 Å². The minimum atomic E-state index is -0.0754. The molecular formula is C23H30N6O. The van der Waals surface area contributed by atoms with Gasteiger partial charge in [0.1, 0.15) is 11.3 Å². The van der Waals surface area contributed by atoms with Crippen molar-refractivity contribution in [1.82, 2.24) is 30.5 Å². The van der Waals surface area contributed by atoms with Crippen molar-refractivity contribution < 1.29 is 4.79 Å². The molecule has 0 spiro atoms. The van der Waals surface area contributed by atoms with Crippen molar-refractivity contribution in [3.8, 4) is 0 Å². The molecule has 1 aromatic carbocycles. The lowest BCUT2D eigenvalue weighted by atomic mass is 9.91. The van der Waals surface area contributed by atoms with E-state index in [0.717, 1.165) is 42.7 Å². The predicted octanol–water partition coefficient (Wildman–Crippen LogP) is 2.81. The average Bonchev–Trinajstić information content (AvgIpc) is 3.18. The van der Waals surface area contributed by atoms with Crippen LogP contribution in [-0.4, -0.2) is 52.9 Å². The number of nitrogens with one attached hydrogen (secondary N) is 3. The maximum atomic E-state index is 12.6. The second-order valence-corrected chi connectivity index (χ2v) is 7.97. The number of imidazole rings is 1. The lowest BCUT2D eigenvalue weighted by molar-refractivity contribution is 0.0955. The van der Waals surface area contributed by atoms with Crippen molar-refractivity contribution in [3.63, 3.8) is 0 Å². The van der Waals surface area contributed by atoms with Crippen LogP contribution in [0.1, 0.15) is 52.7 Å². The molecule has 0 fully saturated rings. The van der Waals surface area contributed by atoms with Crippen LogP contribution < -0.4 is 10.6 Å². The monoisotopic (exact) mass is 406 g/mol. The van der Waals surface area contributed by atoms with Crippen LogP contribution in [0.15, 0.2) is 36.5 Å². The highest BCUT2D eigenvalue weighted by Gasteiger charge is 2.25. The van der Waals surface area contributed by atoms with Crippen LogP contribution in [0.4, 0.5) is 0 Å². The van der Waals surface area contributed by atoms with Crippen LogP contribution in [0.25, 0.3) is 11.0 Å². The number of para-hydroxylation sites is 1. The standard InChI is InChI=1S/C23H30N6O/c1-24-12-6-14-26-23(30)17-9-4-10-18-22(17)28-20(27-18)15-29(2)19-11-3-7-16-8-5-13-25-21(16)19/h4-5,8-10,13,19,24H,3,6-7,11-12,14-15H2,1-2H3,(H,26,30)(H,27,28). The minimum Gasteiger partial charge on any atom is -0.352 e. The van der Waals surface area contributed by atoms with E-state index in [0.29, 0.717) is 18.7 Å². The lowest BCUT2D eigenvalue weighted by Crippen LogP contribution is -2.28. The molecule has 7 nitrogen and oxygen atoms in total. The summed E-state index contributed by atoms with van der Waals surface area (Å²) in [5.41, 5.74) is 4.77. The highest BCUT2D eigenvalue weighted by Crippen LogP contribution is 2.32. The lowest BCUT2D eigenvalue weighted by Gasteiger charge is -2.31. The normalized spacial score (nSPS) is 16.0. The number of H-pyrrole nitrogens is 1. The summed E-state index contributed by atoms with van der Waals surface area (Å²) < 4.78 is 0. The first-order chi connectivity index (χ1) is 14.7. The van der Waals surface area contributed by atoms with Crippen LogP contribution in [0.3, 0.4) is 0 Å². The number of fused-ring (bicyclic) bond motifs is 2. The van der Waals surface area contributed by atoms with E-state index >= 15 is 0 Å². The molecular weight excluding hydrogens is 376 g/mol. The van der Waals surface area contributed by atoms with Gasteiger partial charge in [0.15, 0.2) is 0 Å². The molecule has 3 N–H and O–H groups in total. The number of rotatable bonds is 8. The number of pyridine rings is 1. The highest BCUT2D eigenvalue weighted by atomic mass is 16.1. The maximum absolute atomic E-state index is 12.6. The van der Waals surface area contributed by atoms with E-state index in [1.807, 2.05) is 37.5 Å². The summed E-state index contributed by atoms with van der Waals surface area (Å²) in [6.45, 7) is 2.20. The van der Waals surface area contributed by atoms with Gasteiger partial charge in [-0.1, -0.05) is 12.1 Å². The highest BCUT2D eigenvalue weighted by molar-refractivity contribution is 6.04. The van der Waals surface area contributed by atoms with Crippen molar-refractivity contribution in [1.29, 1.82) is 0 Å². The summed E-state index contributed by atoms with van der Waals surface area (Å²) in [6, 6.07) is 10.2. The van der Waals surface area contributed by atoms with Gasteiger partial charge in [-0.2, -0.15) is 0 Å². The summed E-state index contributed by atoms with van der Waals surface area (Å²) >= 11 is 0. The molecule has 0 radical (unpaired) electrons. The zero-order valence-electron chi connectivity index (χ0n) is 17.7. The fourth-order valence-electron chi connectivity index (χ4n) is 4.26. The molecule has 0 saturated heterocycles. The fourth-order valence-corrected chi connectivity index (χ4v) is 4.26. The number of benzene rings is 1. The summed E-state index contributed by atoms with van der Waals surface area (Å²) in [5, 5.41) is 6.07. The average molecular weight is 407 g/mol. The largest absolute Gasteiger partial charge is 0.352 e. The van der Waals surface area contributed by atoms with Crippen molar-refractivity contribution >= 4 is 16.9 Å². The summed E-state index contributed by atoms with van der Waals surface area (Å²) in [4.78, 5) is 27.8. The first kappa shape index (κ1) is 20.5. The van der Waals surface area contributed by atoms with Crippen LogP contribution in [-0.2, 0) is 13.0 Å². The molecule has 1 amide bonds. The van der Waals surface area contributed by atoms with Gasteiger partial charge in [0.25, 0.3) is 5.91 Å². The Morgan fingerprint density at radius 2 is 2.17 bits per heavy atom. The van der Waals surface area contributed by atoms with Crippen molar-refractivity contribution in [2.24, 2.45) is 0 Å². The molecule has 2 heterocycles. The molecule has 0 aliphatic heterocycles. The van der Waals surface area contributed by atoms with E-state index < -0.39 is 0 Å². The molecule has 7 heteroatoms. The number of carbonyl (C=O) groups excluding carboxylic acids is 1. The Hall–Kier alpha value is -2.77. The number of aromatic amines is 1. The topological polar surface area (TPSA) is 85.9 Å². The molecule has 1 aliphatic rings. The molecule has 1 unspecified atom stereocenters. The molecule has 0 saturated carbocycles. The number of carbonyl (C=O) groups is 1. The third-order valence-corrected chi connectivity index (χ3v) is 5.79. The Morgan fingerprint density at radius 3 is 3.03 bits per heavy atom. The van der Waals surface area contributed by atoms with Crippen LogP contribution in [0.2, 0.25) is 0 Å². The van der Waals surface area contributed by atoms with Crippen molar-refractivity contribution in [2.75, 3.05) is 27.2 Å². The number of nitrogens with zero attached hydrogens (tertiary/aromatic N) is 3. The Labute approximate surface area is 177 Å². The van der Waals surface area contributed by atoms with E-state index in [-0.39, 0.29) is 11.9 Å². The van der Waals surface area contributed by atoms with Gasteiger partial charge in [-0.3, -0.25) is 14.7 Å². The first-order valence-electron chi connectivity index (χ1n) is 10.7.